The maximum Gasteiger partial charge on any atom is 0.224 e. The molecule has 5 heteroatoms. The quantitative estimate of drug-likeness (QED) is 0.781. The van der Waals surface area contributed by atoms with Crippen LogP contribution in [-0.4, -0.2) is 22.8 Å². The Labute approximate surface area is 129 Å². The van der Waals surface area contributed by atoms with Gasteiger partial charge >= 0.3 is 0 Å². The second-order valence-corrected chi connectivity index (χ2v) is 6.04. The SMILES string of the molecule is CCNc1nc(Nc2cccc(SC)c2)cc(C2CC2)n1. The van der Waals surface area contributed by atoms with Crippen LogP contribution >= 0.6 is 11.8 Å². The van der Waals surface area contributed by atoms with E-state index >= 15 is 0 Å². The fraction of sp³-hybridized carbons (Fsp3) is 0.375. The molecule has 110 valence electrons. The Hall–Kier alpha value is -1.75. The molecule has 4 nitrogen and oxygen atoms in total. The van der Waals surface area contributed by atoms with Crippen LogP contribution in [0.2, 0.25) is 0 Å². The highest BCUT2D eigenvalue weighted by molar-refractivity contribution is 7.98. The number of nitrogens with one attached hydrogen (secondary N) is 2. The van der Waals surface area contributed by atoms with Crippen molar-refractivity contribution in [2.45, 2.75) is 30.6 Å². The van der Waals surface area contributed by atoms with Crippen molar-refractivity contribution in [1.29, 1.82) is 0 Å². The van der Waals surface area contributed by atoms with Crippen molar-refractivity contribution in [3.05, 3.63) is 36.0 Å². The molecule has 2 aromatic rings. The molecule has 0 saturated heterocycles. The van der Waals surface area contributed by atoms with E-state index in [4.69, 9.17) is 0 Å². The van der Waals surface area contributed by atoms with Gasteiger partial charge in [-0.3, -0.25) is 0 Å². The van der Waals surface area contributed by atoms with Gasteiger partial charge in [0.1, 0.15) is 5.82 Å². The largest absolute Gasteiger partial charge is 0.354 e. The highest BCUT2D eigenvalue weighted by atomic mass is 32.2. The Morgan fingerprint density at radius 1 is 1.24 bits per heavy atom. The summed E-state index contributed by atoms with van der Waals surface area (Å²) in [6, 6.07) is 10.4. The number of hydrogen-bond acceptors (Lipinski definition) is 5. The van der Waals surface area contributed by atoms with Gasteiger partial charge in [0.15, 0.2) is 0 Å². The van der Waals surface area contributed by atoms with Gasteiger partial charge in [-0.05, 0) is 44.2 Å². The topological polar surface area (TPSA) is 49.8 Å². The molecule has 1 aliphatic carbocycles. The first kappa shape index (κ1) is 14.2. The molecule has 1 fully saturated rings. The second kappa shape index (κ2) is 6.35. The summed E-state index contributed by atoms with van der Waals surface area (Å²) in [4.78, 5) is 10.4. The highest BCUT2D eigenvalue weighted by Crippen LogP contribution is 2.40. The maximum atomic E-state index is 4.59. The van der Waals surface area contributed by atoms with Crippen LogP contribution in [0, 0.1) is 0 Å². The van der Waals surface area contributed by atoms with E-state index in [0.717, 1.165) is 23.7 Å². The smallest absolute Gasteiger partial charge is 0.224 e. The standard InChI is InChI=1S/C16H20N4S/c1-3-17-16-19-14(11-7-8-11)10-15(20-16)18-12-5-4-6-13(9-12)21-2/h4-6,9-11H,3,7-8H2,1-2H3,(H2,17,18,19,20). The summed E-state index contributed by atoms with van der Waals surface area (Å²) in [6.45, 7) is 2.89. The van der Waals surface area contributed by atoms with Crippen molar-refractivity contribution in [1.82, 2.24) is 9.97 Å². The summed E-state index contributed by atoms with van der Waals surface area (Å²) >= 11 is 1.74. The Kier molecular flexibility index (Phi) is 4.29. The van der Waals surface area contributed by atoms with Crippen LogP contribution in [-0.2, 0) is 0 Å². The molecule has 1 saturated carbocycles. The number of thioether (sulfide) groups is 1. The lowest BCUT2D eigenvalue weighted by Crippen LogP contribution is -2.06. The molecule has 1 aliphatic rings. The minimum atomic E-state index is 0.614. The van der Waals surface area contributed by atoms with E-state index in [0.29, 0.717) is 11.9 Å². The molecule has 1 aromatic carbocycles. The van der Waals surface area contributed by atoms with E-state index in [1.54, 1.807) is 11.8 Å². The van der Waals surface area contributed by atoms with Gasteiger partial charge in [0.05, 0.1) is 5.69 Å². The Morgan fingerprint density at radius 2 is 2.10 bits per heavy atom. The molecule has 0 amide bonds. The average Bonchev–Trinajstić information content (AvgIpc) is 3.32. The number of benzene rings is 1. The molecule has 3 rings (SSSR count). The lowest BCUT2D eigenvalue weighted by molar-refractivity contribution is 0.977. The van der Waals surface area contributed by atoms with E-state index in [1.165, 1.54) is 17.7 Å². The van der Waals surface area contributed by atoms with Crippen LogP contribution in [0.4, 0.5) is 17.5 Å². The number of hydrogen-bond donors (Lipinski definition) is 2. The van der Waals surface area contributed by atoms with E-state index in [9.17, 15) is 0 Å². The first-order valence-electron chi connectivity index (χ1n) is 7.32. The van der Waals surface area contributed by atoms with E-state index < -0.39 is 0 Å². The molecule has 2 N–H and O–H groups in total. The molecular weight excluding hydrogens is 280 g/mol. The molecule has 1 aromatic heterocycles. The van der Waals surface area contributed by atoms with Crippen molar-refractivity contribution in [2.24, 2.45) is 0 Å². The number of rotatable bonds is 6. The number of nitrogens with zero attached hydrogens (tertiary/aromatic N) is 2. The Balaban J connectivity index is 1.85. The van der Waals surface area contributed by atoms with Gasteiger partial charge in [-0.25, -0.2) is 4.98 Å². The molecule has 21 heavy (non-hydrogen) atoms. The van der Waals surface area contributed by atoms with Gasteiger partial charge in [0.2, 0.25) is 5.95 Å². The molecule has 0 atom stereocenters. The fourth-order valence-corrected chi connectivity index (χ4v) is 2.66. The van der Waals surface area contributed by atoms with E-state index in [1.807, 2.05) is 0 Å². The maximum absolute atomic E-state index is 4.59. The van der Waals surface area contributed by atoms with E-state index in [2.05, 4.69) is 64.1 Å². The van der Waals surface area contributed by atoms with Crippen LogP contribution in [0.3, 0.4) is 0 Å². The van der Waals surface area contributed by atoms with Crippen molar-refractivity contribution in [3.63, 3.8) is 0 Å². The zero-order chi connectivity index (χ0) is 14.7. The first-order valence-corrected chi connectivity index (χ1v) is 8.55. The van der Waals surface area contributed by atoms with Crippen LogP contribution in [0.5, 0.6) is 0 Å². The number of anilines is 3. The second-order valence-electron chi connectivity index (χ2n) is 5.16. The van der Waals surface area contributed by atoms with Crippen LogP contribution in [0.25, 0.3) is 0 Å². The van der Waals surface area contributed by atoms with Crippen LogP contribution < -0.4 is 10.6 Å². The van der Waals surface area contributed by atoms with Gasteiger partial charge in [-0.1, -0.05) is 6.07 Å². The zero-order valence-corrected chi connectivity index (χ0v) is 13.2. The lowest BCUT2D eigenvalue weighted by atomic mass is 10.2. The van der Waals surface area contributed by atoms with Crippen LogP contribution in [0.1, 0.15) is 31.4 Å². The van der Waals surface area contributed by atoms with Crippen molar-refractivity contribution < 1.29 is 0 Å². The summed E-state index contributed by atoms with van der Waals surface area (Å²) in [6.07, 6.45) is 4.56. The molecule has 0 unspecified atom stereocenters. The molecule has 1 heterocycles. The van der Waals surface area contributed by atoms with Crippen molar-refractivity contribution in [2.75, 3.05) is 23.4 Å². The summed E-state index contributed by atoms with van der Waals surface area (Å²) in [7, 11) is 0. The summed E-state index contributed by atoms with van der Waals surface area (Å²) in [5, 5.41) is 6.61. The van der Waals surface area contributed by atoms with Gasteiger partial charge in [0, 0.05) is 29.1 Å². The van der Waals surface area contributed by atoms with Crippen molar-refractivity contribution in [3.8, 4) is 0 Å². The zero-order valence-electron chi connectivity index (χ0n) is 12.4. The fourth-order valence-electron chi connectivity index (χ4n) is 2.20. The average molecular weight is 300 g/mol. The summed E-state index contributed by atoms with van der Waals surface area (Å²) < 4.78 is 0. The Morgan fingerprint density at radius 3 is 2.81 bits per heavy atom. The summed E-state index contributed by atoms with van der Waals surface area (Å²) in [5.74, 6) is 2.19. The third-order valence-electron chi connectivity index (χ3n) is 3.42. The predicted octanol–water partition coefficient (Wildman–Crippen LogP) is 4.25. The Bertz CT molecular complexity index is 625. The number of aromatic nitrogens is 2. The predicted molar refractivity (Wildman–Crippen MR) is 89.7 cm³/mol. The normalized spacial score (nSPS) is 14.0. The van der Waals surface area contributed by atoms with Gasteiger partial charge in [0.25, 0.3) is 0 Å². The monoisotopic (exact) mass is 300 g/mol. The van der Waals surface area contributed by atoms with Gasteiger partial charge in [-0.2, -0.15) is 4.98 Å². The van der Waals surface area contributed by atoms with Gasteiger partial charge < -0.3 is 10.6 Å². The third-order valence-corrected chi connectivity index (χ3v) is 4.14. The van der Waals surface area contributed by atoms with Crippen molar-refractivity contribution >= 4 is 29.2 Å². The van der Waals surface area contributed by atoms with Crippen LogP contribution in [0.15, 0.2) is 35.2 Å². The minimum Gasteiger partial charge on any atom is -0.354 e. The highest BCUT2D eigenvalue weighted by Gasteiger charge is 2.26. The van der Waals surface area contributed by atoms with E-state index in [-0.39, 0.29) is 0 Å². The van der Waals surface area contributed by atoms with Gasteiger partial charge in [-0.15, -0.1) is 11.8 Å². The summed E-state index contributed by atoms with van der Waals surface area (Å²) in [5.41, 5.74) is 2.20. The molecule has 0 aliphatic heterocycles. The lowest BCUT2D eigenvalue weighted by Gasteiger charge is -2.11. The molecule has 0 spiro atoms. The third kappa shape index (κ3) is 3.67. The minimum absolute atomic E-state index is 0.614. The molecular formula is C16H20N4S. The molecule has 0 bridgehead atoms. The first-order chi connectivity index (χ1) is 10.3. The molecule has 0 radical (unpaired) electrons.